The maximum Gasteiger partial charge on any atom is 0.256 e. The largest absolute Gasteiger partial charge is 0.475 e. The molecule has 1 atom stereocenters. The number of methoxy groups -OCH3 is 1. The van der Waals surface area contributed by atoms with Gasteiger partial charge in [-0.3, -0.25) is 4.79 Å². The van der Waals surface area contributed by atoms with Gasteiger partial charge in [-0.15, -0.1) is 0 Å². The molecule has 1 amide bonds. The zero-order valence-electron chi connectivity index (χ0n) is 14.6. The minimum Gasteiger partial charge on any atom is -0.475 e. The number of nitrogens with one attached hydrogen (secondary N) is 1. The Morgan fingerprint density at radius 3 is 2.65 bits per heavy atom. The molecule has 130 valence electrons. The normalized spacial score (nSPS) is 13.4. The number of aromatic nitrogens is 1. The van der Waals surface area contributed by atoms with Crippen molar-refractivity contribution < 1.29 is 19.0 Å². The van der Waals surface area contributed by atoms with Gasteiger partial charge in [0.2, 0.25) is 5.88 Å². The molecule has 0 spiro atoms. The molecule has 1 rings (SSSR count). The summed E-state index contributed by atoms with van der Waals surface area (Å²) in [7, 11) is 1.56. The Hall–Kier alpha value is -1.66. The molecule has 0 bridgehead atoms. The van der Waals surface area contributed by atoms with Crippen molar-refractivity contribution in [3.05, 3.63) is 18.3 Å². The Morgan fingerprint density at radius 1 is 1.30 bits per heavy atom. The maximum atomic E-state index is 12.4. The second-order valence-corrected chi connectivity index (χ2v) is 5.42. The Kier molecular flexibility index (Phi) is 8.58. The highest BCUT2D eigenvalue weighted by molar-refractivity contribution is 5.96. The van der Waals surface area contributed by atoms with Crippen LogP contribution in [0, 0.1) is 0 Å². The molecule has 0 saturated heterocycles. The summed E-state index contributed by atoms with van der Waals surface area (Å²) in [5, 5.41) is 2.84. The number of amides is 1. The first-order chi connectivity index (χ1) is 11.1. The van der Waals surface area contributed by atoms with Crippen LogP contribution in [-0.4, -0.2) is 43.4 Å². The lowest BCUT2D eigenvalue weighted by Crippen LogP contribution is -2.41. The average molecular weight is 324 g/mol. The van der Waals surface area contributed by atoms with Crippen LogP contribution in [0.5, 0.6) is 5.88 Å². The third-order valence-corrected chi connectivity index (χ3v) is 3.61. The van der Waals surface area contributed by atoms with Crippen molar-refractivity contribution in [3.63, 3.8) is 0 Å². The molecule has 1 aromatic rings. The third-order valence-electron chi connectivity index (χ3n) is 3.61. The van der Waals surface area contributed by atoms with Crippen LogP contribution in [-0.2, 0) is 14.3 Å². The summed E-state index contributed by atoms with van der Waals surface area (Å²) in [6, 6.07) is 3.48. The summed E-state index contributed by atoms with van der Waals surface area (Å²) in [5.74, 6) is 0.337. The lowest BCUT2D eigenvalue weighted by Gasteiger charge is -2.26. The number of ether oxygens (including phenoxy) is 3. The lowest BCUT2D eigenvalue weighted by atomic mass is 9.97. The molecule has 0 aliphatic rings. The van der Waals surface area contributed by atoms with Crippen molar-refractivity contribution in [2.24, 2.45) is 0 Å². The Balaban J connectivity index is 2.54. The Morgan fingerprint density at radius 2 is 2.09 bits per heavy atom. The summed E-state index contributed by atoms with van der Waals surface area (Å²) >= 11 is 0. The van der Waals surface area contributed by atoms with Crippen LogP contribution in [0.15, 0.2) is 18.3 Å². The van der Waals surface area contributed by atoms with E-state index in [2.05, 4.69) is 17.2 Å². The van der Waals surface area contributed by atoms with Gasteiger partial charge >= 0.3 is 0 Å². The summed E-state index contributed by atoms with van der Waals surface area (Å²) in [5.41, 5.74) is -0.213. The van der Waals surface area contributed by atoms with E-state index in [1.807, 2.05) is 6.92 Å². The van der Waals surface area contributed by atoms with Gasteiger partial charge in [-0.1, -0.05) is 19.8 Å². The summed E-state index contributed by atoms with van der Waals surface area (Å²) in [6.45, 7) is 7.46. The summed E-state index contributed by atoms with van der Waals surface area (Å²) in [4.78, 5) is 16.6. The lowest BCUT2D eigenvalue weighted by molar-refractivity contribution is -0.136. The quantitative estimate of drug-likeness (QED) is 0.634. The first-order valence-electron chi connectivity index (χ1n) is 8.09. The number of nitrogens with zero attached hydrogens (tertiary/aromatic N) is 1. The summed E-state index contributed by atoms with van der Waals surface area (Å²) < 4.78 is 16.0. The van der Waals surface area contributed by atoms with E-state index in [9.17, 15) is 4.79 Å². The van der Waals surface area contributed by atoms with Crippen molar-refractivity contribution in [1.82, 2.24) is 4.98 Å². The fourth-order valence-electron chi connectivity index (χ4n) is 1.97. The fraction of sp³-hybridized carbons (Fsp3) is 0.647. The Bertz CT molecular complexity index is 464. The van der Waals surface area contributed by atoms with Crippen LogP contribution in [0.4, 0.5) is 5.69 Å². The molecule has 1 N–H and O–H groups in total. The third kappa shape index (κ3) is 6.54. The number of carbonyl (C=O) groups is 1. The van der Waals surface area contributed by atoms with Gasteiger partial charge in [-0.25, -0.2) is 4.98 Å². The maximum absolute atomic E-state index is 12.4. The van der Waals surface area contributed by atoms with Crippen LogP contribution in [0.25, 0.3) is 0 Å². The number of hydrogen-bond donors (Lipinski definition) is 1. The molecule has 6 nitrogen and oxygen atoms in total. The van der Waals surface area contributed by atoms with E-state index in [-0.39, 0.29) is 5.91 Å². The monoisotopic (exact) mass is 324 g/mol. The molecule has 0 aliphatic heterocycles. The van der Waals surface area contributed by atoms with Crippen molar-refractivity contribution in [2.45, 2.75) is 45.6 Å². The minimum absolute atomic E-state index is 0.166. The molecule has 1 aromatic heterocycles. The van der Waals surface area contributed by atoms with Crippen LogP contribution >= 0.6 is 0 Å². The molecule has 1 heterocycles. The van der Waals surface area contributed by atoms with Crippen molar-refractivity contribution in [2.75, 3.05) is 32.2 Å². The number of anilines is 1. The van der Waals surface area contributed by atoms with Gasteiger partial charge < -0.3 is 19.5 Å². The second kappa shape index (κ2) is 10.2. The Labute approximate surface area is 138 Å². The minimum atomic E-state index is -0.831. The van der Waals surface area contributed by atoms with Crippen molar-refractivity contribution in [1.29, 1.82) is 0 Å². The molecule has 0 aromatic carbocycles. The number of carbonyl (C=O) groups excluding carboxylic acids is 1. The summed E-state index contributed by atoms with van der Waals surface area (Å²) in [6.07, 6.45) is 4.20. The van der Waals surface area contributed by atoms with E-state index in [1.165, 1.54) is 0 Å². The van der Waals surface area contributed by atoms with Crippen molar-refractivity contribution >= 4 is 11.6 Å². The van der Waals surface area contributed by atoms with Crippen LogP contribution in [0.3, 0.4) is 0 Å². The molecule has 0 radical (unpaired) electrons. The van der Waals surface area contributed by atoms with Crippen LogP contribution in [0.2, 0.25) is 0 Å². The molecule has 0 aliphatic carbocycles. The predicted octanol–water partition coefficient (Wildman–Crippen LogP) is 3.03. The van der Waals surface area contributed by atoms with E-state index in [0.29, 0.717) is 37.8 Å². The van der Waals surface area contributed by atoms with Crippen LogP contribution < -0.4 is 10.1 Å². The zero-order chi connectivity index (χ0) is 17.1. The molecular formula is C17H28N2O4. The van der Waals surface area contributed by atoms with E-state index >= 15 is 0 Å². The van der Waals surface area contributed by atoms with Crippen LogP contribution in [0.1, 0.15) is 40.0 Å². The highest BCUT2D eigenvalue weighted by Gasteiger charge is 2.32. The highest BCUT2D eigenvalue weighted by atomic mass is 16.5. The zero-order valence-corrected chi connectivity index (χ0v) is 14.6. The first kappa shape index (κ1) is 19.4. The van der Waals surface area contributed by atoms with Gasteiger partial charge in [-0.2, -0.15) is 0 Å². The smallest absolute Gasteiger partial charge is 0.256 e. The fourth-order valence-corrected chi connectivity index (χ4v) is 1.97. The van der Waals surface area contributed by atoms with Gasteiger partial charge in [0.25, 0.3) is 5.91 Å². The second-order valence-electron chi connectivity index (χ2n) is 5.42. The molecule has 0 fully saturated rings. The van der Waals surface area contributed by atoms with Gasteiger partial charge in [0.1, 0.15) is 12.2 Å². The predicted molar refractivity (Wildman–Crippen MR) is 89.8 cm³/mol. The van der Waals surface area contributed by atoms with Gasteiger partial charge in [0, 0.05) is 19.8 Å². The SMILES string of the molecule is CCCC[C@](C)(OC)C(=O)Nc1ccc(OCCOCC)nc1. The van der Waals surface area contributed by atoms with E-state index in [1.54, 1.807) is 32.4 Å². The van der Waals surface area contributed by atoms with Gasteiger partial charge in [0.05, 0.1) is 18.5 Å². The van der Waals surface area contributed by atoms with E-state index in [0.717, 1.165) is 12.8 Å². The van der Waals surface area contributed by atoms with Gasteiger partial charge in [-0.05, 0) is 26.3 Å². The standard InChI is InChI=1S/C17H28N2O4/c1-5-7-10-17(3,21-4)16(20)19-14-8-9-15(18-13-14)23-12-11-22-6-2/h8-9,13H,5-7,10-12H2,1-4H3,(H,19,20)/t17-/m0/s1. The topological polar surface area (TPSA) is 69.7 Å². The first-order valence-corrected chi connectivity index (χ1v) is 8.09. The molecular weight excluding hydrogens is 296 g/mol. The number of hydrogen-bond acceptors (Lipinski definition) is 5. The van der Waals surface area contributed by atoms with E-state index in [4.69, 9.17) is 14.2 Å². The molecule has 0 saturated carbocycles. The average Bonchev–Trinajstić information content (AvgIpc) is 2.58. The number of rotatable bonds is 11. The van der Waals surface area contributed by atoms with Gasteiger partial charge in [0.15, 0.2) is 0 Å². The number of unbranched alkanes of at least 4 members (excludes halogenated alkanes) is 1. The van der Waals surface area contributed by atoms with Crippen molar-refractivity contribution in [3.8, 4) is 5.88 Å². The molecule has 23 heavy (non-hydrogen) atoms. The number of pyridine rings is 1. The van der Waals surface area contributed by atoms with E-state index < -0.39 is 5.60 Å². The molecule has 0 unspecified atom stereocenters. The highest BCUT2D eigenvalue weighted by Crippen LogP contribution is 2.21. The molecule has 6 heteroatoms.